The Morgan fingerprint density at radius 1 is 1.48 bits per heavy atom. The average molecular weight is 381 g/mol. The lowest BCUT2D eigenvalue weighted by Gasteiger charge is -2.17. The van der Waals surface area contributed by atoms with Gasteiger partial charge in [-0.1, -0.05) is 15.9 Å². The van der Waals surface area contributed by atoms with E-state index in [0.717, 1.165) is 27.4 Å². The van der Waals surface area contributed by atoms with Crippen LogP contribution in [0.3, 0.4) is 0 Å². The van der Waals surface area contributed by atoms with E-state index in [4.69, 9.17) is 4.74 Å². The molecule has 0 bridgehead atoms. The molecule has 0 unspecified atom stereocenters. The van der Waals surface area contributed by atoms with Gasteiger partial charge in [0.05, 0.1) is 0 Å². The summed E-state index contributed by atoms with van der Waals surface area (Å²) in [6, 6.07) is 4.78. The fraction of sp³-hybridized carbons (Fsp3) is 0.375. The van der Waals surface area contributed by atoms with E-state index in [0.29, 0.717) is 13.0 Å². The van der Waals surface area contributed by atoms with Gasteiger partial charge in [0.2, 0.25) is 5.91 Å². The molecule has 0 spiro atoms. The number of carbonyl (C=O) groups excluding carboxylic acids is 1. The molecule has 1 aliphatic heterocycles. The Balaban J connectivity index is 1.77. The van der Waals surface area contributed by atoms with E-state index in [1.807, 2.05) is 18.2 Å². The van der Waals surface area contributed by atoms with E-state index in [1.165, 1.54) is 0 Å². The Morgan fingerprint density at radius 2 is 2.30 bits per heavy atom. The Labute approximate surface area is 141 Å². The molecule has 2 atom stereocenters. The summed E-state index contributed by atoms with van der Waals surface area (Å²) < 4.78 is 6.22. The molecule has 1 aromatic carbocycles. The Hall–Kier alpha value is -1.86. The van der Waals surface area contributed by atoms with Crippen molar-refractivity contribution < 1.29 is 19.4 Å². The first kappa shape index (κ1) is 16.0. The topological polar surface area (TPSA) is 91.4 Å². The van der Waals surface area contributed by atoms with E-state index >= 15 is 0 Å². The first-order valence-corrected chi connectivity index (χ1v) is 8.24. The van der Waals surface area contributed by atoms with Gasteiger partial charge >= 0.3 is 5.97 Å². The normalized spacial score (nSPS) is 18.9. The van der Waals surface area contributed by atoms with E-state index in [2.05, 4.69) is 26.2 Å². The van der Waals surface area contributed by atoms with Gasteiger partial charge in [-0.25, -0.2) is 4.79 Å². The van der Waals surface area contributed by atoms with Crippen LogP contribution in [0, 0.1) is 0 Å². The third-order valence-electron chi connectivity index (χ3n) is 3.99. The second-order valence-corrected chi connectivity index (χ2v) is 6.52. The maximum Gasteiger partial charge on any atom is 0.326 e. The minimum Gasteiger partial charge on any atom is -0.480 e. The molecule has 1 saturated heterocycles. The number of fused-ring (bicyclic) bond motifs is 1. The van der Waals surface area contributed by atoms with Crippen LogP contribution in [0.5, 0.6) is 0 Å². The lowest BCUT2D eigenvalue weighted by molar-refractivity contribution is -0.143. The largest absolute Gasteiger partial charge is 0.480 e. The third kappa shape index (κ3) is 3.56. The summed E-state index contributed by atoms with van der Waals surface area (Å²) in [5.41, 5.74) is 1.78. The molecule has 0 aliphatic carbocycles. The smallest absolute Gasteiger partial charge is 0.326 e. The lowest BCUT2D eigenvalue weighted by Crippen LogP contribution is -2.46. The number of carboxylic acid groups (broad SMARTS) is 1. The third-order valence-corrected chi connectivity index (χ3v) is 4.48. The molecule has 0 radical (unpaired) electrons. The van der Waals surface area contributed by atoms with Gasteiger partial charge in [0.15, 0.2) is 0 Å². The van der Waals surface area contributed by atoms with Crippen molar-refractivity contribution in [1.82, 2.24) is 10.3 Å². The van der Waals surface area contributed by atoms with Crippen LogP contribution in [0.25, 0.3) is 10.9 Å². The summed E-state index contributed by atoms with van der Waals surface area (Å²) in [4.78, 5) is 26.7. The van der Waals surface area contributed by atoms with Crippen molar-refractivity contribution in [3.63, 3.8) is 0 Å². The standard InChI is InChI=1S/C16H17BrN2O4/c17-10-3-4-12-11(7-10)9(8-18-12)6-13(16(21)22)19-15(20)14-2-1-5-23-14/h3-4,7-8,13-14,18H,1-2,5-6H2,(H,19,20)(H,21,22)/t13-,14+/m1/s1. The number of carboxylic acids is 1. The van der Waals surface area contributed by atoms with Crippen molar-refractivity contribution in [1.29, 1.82) is 0 Å². The first-order chi connectivity index (χ1) is 11.0. The number of aromatic amines is 1. The summed E-state index contributed by atoms with van der Waals surface area (Å²) >= 11 is 3.41. The molecule has 1 aliphatic rings. The zero-order chi connectivity index (χ0) is 16.4. The fourth-order valence-corrected chi connectivity index (χ4v) is 3.15. The molecule has 2 heterocycles. The molecule has 1 amide bonds. The molecule has 23 heavy (non-hydrogen) atoms. The minimum atomic E-state index is -1.05. The molecule has 0 saturated carbocycles. The number of carbonyl (C=O) groups is 2. The van der Waals surface area contributed by atoms with Gasteiger partial charge in [-0.05, 0) is 36.6 Å². The highest BCUT2D eigenvalue weighted by Crippen LogP contribution is 2.24. The maximum absolute atomic E-state index is 12.1. The zero-order valence-electron chi connectivity index (χ0n) is 12.3. The van der Waals surface area contributed by atoms with Gasteiger partial charge in [0.1, 0.15) is 12.1 Å². The van der Waals surface area contributed by atoms with Gasteiger partial charge in [-0.2, -0.15) is 0 Å². The molecule has 122 valence electrons. The van der Waals surface area contributed by atoms with Crippen LogP contribution in [-0.4, -0.2) is 40.7 Å². The Bertz CT molecular complexity index is 737. The number of halogens is 1. The summed E-state index contributed by atoms with van der Waals surface area (Å²) in [6.45, 7) is 0.548. The lowest BCUT2D eigenvalue weighted by atomic mass is 10.0. The maximum atomic E-state index is 12.1. The number of nitrogens with one attached hydrogen (secondary N) is 2. The molecule has 1 aromatic heterocycles. The van der Waals surface area contributed by atoms with Gasteiger partial charge < -0.3 is 20.1 Å². The fourth-order valence-electron chi connectivity index (χ4n) is 2.79. The number of hydrogen-bond donors (Lipinski definition) is 3. The van der Waals surface area contributed by atoms with E-state index < -0.39 is 18.1 Å². The van der Waals surface area contributed by atoms with Gasteiger partial charge in [0.25, 0.3) is 0 Å². The van der Waals surface area contributed by atoms with E-state index in [-0.39, 0.29) is 12.3 Å². The van der Waals surface area contributed by atoms with Crippen LogP contribution in [0.2, 0.25) is 0 Å². The number of aromatic nitrogens is 1. The van der Waals surface area contributed by atoms with Crippen molar-refractivity contribution in [3.8, 4) is 0 Å². The molecule has 6 nitrogen and oxygen atoms in total. The average Bonchev–Trinajstić information content (AvgIpc) is 3.16. The molecule has 3 rings (SSSR count). The van der Waals surface area contributed by atoms with Crippen LogP contribution in [-0.2, 0) is 20.7 Å². The van der Waals surface area contributed by atoms with Crippen LogP contribution in [0.4, 0.5) is 0 Å². The van der Waals surface area contributed by atoms with Crippen LogP contribution >= 0.6 is 15.9 Å². The molecular weight excluding hydrogens is 364 g/mol. The SMILES string of the molecule is O=C(N[C@H](Cc1c[nH]c2ccc(Br)cc12)C(=O)O)[C@@H]1CCCO1. The Morgan fingerprint density at radius 3 is 3.00 bits per heavy atom. The summed E-state index contributed by atoms with van der Waals surface area (Å²) in [5, 5.41) is 12.9. The molecule has 2 aromatic rings. The van der Waals surface area contributed by atoms with E-state index in [1.54, 1.807) is 6.20 Å². The minimum absolute atomic E-state index is 0.213. The second kappa shape index (κ2) is 6.72. The monoisotopic (exact) mass is 380 g/mol. The molecule has 3 N–H and O–H groups in total. The number of H-pyrrole nitrogens is 1. The molecule has 1 fully saturated rings. The highest BCUT2D eigenvalue weighted by Gasteiger charge is 2.28. The van der Waals surface area contributed by atoms with Crippen LogP contribution < -0.4 is 5.32 Å². The van der Waals surface area contributed by atoms with Gasteiger partial charge in [-0.15, -0.1) is 0 Å². The number of ether oxygens (including phenoxy) is 1. The number of aliphatic carboxylic acids is 1. The van der Waals surface area contributed by atoms with Gasteiger partial charge in [-0.3, -0.25) is 4.79 Å². The highest BCUT2D eigenvalue weighted by molar-refractivity contribution is 9.10. The number of hydrogen-bond acceptors (Lipinski definition) is 3. The quantitative estimate of drug-likeness (QED) is 0.741. The van der Waals surface area contributed by atoms with Crippen LogP contribution in [0.1, 0.15) is 18.4 Å². The van der Waals surface area contributed by atoms with Crippen LogP contribution in [0.15, 0.2) is 28.9 Å². The Kier molecular flexibility index (Phi) is 4.68. The summed E-state index contributed by atoms with van der Waals surface area (Å²) in [6.07, 6.45) is 2.92. The predicted molar refractivity (Wildman–Crippen MR) is 88.2 cm³/mol. The molecular formula is C16H17BrN2O4. The zero-order valence-corrected chi connectivity index (χ0v) is 13.9. The summed E-state index contributed by atoms with van der Waals surface area (Å²) in [7, 11) is 0. The number of benzene rings is 1. The first-order valence-electron chi connectivity index (χ1n) is 7.45. The summed E-state index contributed by atoms with van der Waals surface area (Å²) in [5.74, 6) is -1.41. The van der Waals surface area contributed by atoms with E-state index in [9.17, 15) is 14.7 Å². The van der Waals surface area contributed by atoms with Crippen molar-refractivity contribution in [2.45, 2.75) is 31.4 Å². The number of amides is 1. The second-order valence-electron chi connectivity index (χ2n) is 5.61. The molecule has 7 heteroatoms. The van der Waals surface area contributed by atoms with Crippen molar-refractivity contribution >= 4 is 38.7 Å². The van der Waals surface area contributed by atoms with Crippen molar-refractivity contribution in [2.24, 2.45) is 0 Å². The van der Waals surface area contributed by atoms with Crippen molar-refractivity contribution in [3.05, 3.63) is 34.4 Å². The van der Waals surface area contributed by atoms with Gasteiger partial charge in [0, 0.05) is 34.6 Å². The number of rotatable bonds is 5. The van der Waals surface area contributed by atoms with Crippen molar-refractivity contribution in [2.75, 3.05) is 6.61 Å². The highest BCUT2D eigenvalue weighted by atomic mass is 79.9. The predicted octanol–water partition coefficient (Wildman–Crippen LogP) is 2.22.